The van der Waals surface area contributed by atoms with Gasteiger partial charge in [-0.1, -0.05) is 41.2 Å². The van der Waals surface area contributed by atoms with E-state index in [-0.39, 0.29) is 0 Å². The van der Waals surface area contributed by atoms with Gasteiger partial charge in [0.2, 0.25) is 0 Å². The van der Waals surface area contributed by atoms with Crippen LogP contribution in [0, 0.1) is 12.5 Å². The van der Waals surface area contributed by atoms with Crippen molar-refractivity contribution in [3.63, 3.8) is 0 Å². The van der Waals surface area contributed by atoms with Gasteiger partial charge in [-0.3, -0.25) is 0 Å². The Morgan fingerprint density at radius 1 is 1.56 bits per heavy atom. The Kier molecular flexibility index (Phi) is 3.13. The summed E-state index contributed by atoms with van der Waals surface area (Å²) in [5.41, 5.74) is 0. The Hall–Kier alpha value is -0.100. The first-order valence-electron chi connectivity index (χ1n) is 1.72. The molecule has 0 N–H and O–H groups in total. The van der Waals surface area contributed by atoms with E-state index in [0.29, 0.717) is 0 Å². The van der Waals surface area contributed by atoms with Crippen molar-refractivity contribution in [2.24, 2.45) is 0 Å². The van der Waals surface area contributed by atoms with Gasteiger partial charge in [0.15, 0.2) is 0 Å². The zero-order valence-electron chi connectivity index (χ0n) is 4.03. The minimum atomic E-state index is -2.08. The third kappa shape index (κ3) is 3.47. The maximum absolute atomic E-state index is 10.3. The van der Waals surface area contributed by atoms with Crippen molar-refractivity contribution in [1.82, 2.24) is 0 Å². The molecule has 0 amide bonds. The number of ether oxygens (including phenoxy) is 1. The van der Waals surface area contributed by atoms with Gasteiger partial charge >= 0.3 is 5.97 Å². The molecule has 0 radical (unpaired) electrons. The summed E-state index contributed by atoms with van der Waals surface area (Å²) in [7, 11) is 0. The van der Waals surface area contributed by atoms with E-state index in [0.717, 1.165) is 0 Å². The van der Waals surface area contributed by atoms with E-state index in [1.807, 2.05) is 0 Å². The fraction of sp³-hybridized carbons (Fsp3) is 0.250. The second-order valence-electron chi connectivity index (χ2n) is 1.01. The lowest BCUT2D eigenvalue weighted by Crippen LogP contribution is -2.19. The Labute approximate surface area is 67.0 Å². The van der Waals surface area contributed by atoms with E-state index in [2.05, 4.69) is 11.2 Å². The van der Waals surface area contributed by atoms with Crippen molar-refractivity contribution in [1.29, 1.82) is 0 Å². The molecule has 50 valence electrons. The lowest BCUT2D eigenvalue weighted by Gasteiger charge is -2.03. The van der Waals surface area contributed by atoms with Crippen molar-refractivity contribution in [3.8, 4) is 12.5 Å². The van der Waals surface area contributed by atoms with E-state index in [1.165, 1.54) is 0 Å². The van der Waals surface area contributed by atoms with E-state index in [9.17, 15) is 4.79 Å². The summed E-state index contributed by atoms with van der Waals surface area (Å²) in [4.78, 5) is 10.3. The molecule has 0 atom stereocenters. The minimum Gasteiger partial charge on any atom is -0.369 e. The van der Waals surface area contributed by atoms with Crippen LogP contribution in [0.2, 0.25) is 0 Å². The topological polar surface area (TPSA) is 26.3 Å². The normalized spacial score (nSPS) is 10.0. The van der Waals surface area contributed by atoms with Gasteiger partial charge in [0, 0.05) is 0 Å². The molecule has 0 saturated carbocycles. The molecule has 0 aliphatic heterocycles. The summed E-state index contributed by atoms with van der Waals surface area (Å²) < 4.78 is 1.82. The average Bonchev–Trinajstić information content (AvgIpc) is 1.64. The quantitative estimate of drug-likeness (QED) is 0.326. The second-order valence-corrected chi connectivity index (χ2v) is 3.29. The first kappa shape index (κ1) is 8.90. The van der Waals surface area contributed by atoms with Crippen molar-refractivity contribution in [2.45, 2.75) is 3.79 Å². The van der Waals surface area contributed by atoms with Crippen molar-refractivity contribution in [2.75, 3.05) is 0 Å². The number of terminal acetylenes is 1. The molecule has 0 fully saturated rings. The van der Waals surface area contributed by atoms with Crippen LogP contribution in [0.5, 0.6) is 0 Å². The zero-order valence-corrected chi connectivity index (χ0v) is 6.30. The Balaban J connectivity index is 3.93. The SMILES string of the molecule is C#COC(=O)C(Cl)(Cl)Cl. The Bertz CT molecular complexity index is 152. The standard InChI is InChI=1S/C4HCl3O2/c1-2-9-3(8)4(5,6)7/h1H. The van der Waals surface area contributed by atoms with Crippen LogP contribution in [0.1, 0.15) is 0 Å². The highest BCUT2D eigenvalue weighted by Gasteiger charge is 2.32. The summed E-state index contributed by atoms with van der Waals surface area (Å²) in [5.74, 6) is -1.07. The van der Waals surface area contributed by atoms with Crippen LogP contribution in [0.4, 0.5) is 0 Å². The highest BCUT2D eigenvalue weighted by Crippen LogP contribution is 2.26. The highest BCUT2D eigenvalue weighted by atomic mass is 35.6. The zero-order chi connectivity index (χ0) is 7.49. The maximum atomic E-state index is 10.3. The summed E-state index contributed by atoms with van der Waals surface area (Å²) in [6.07, 6.45) is 6.13. The molecule has 0 heterocycles. The Morgan fingerprint density at radius 2 is 2.00 bits per heavy atom. The molecule has 0 spiro atoms. The molecule has 0 rings (SSSR count). The number of rotatable bonds is 0. The summed E-state index contributed by atoms with van der Waals surface area (Å²) in [6.45, 7) is 0. The molecule has 9 heavy (non-hydrogen) atoms. The van der Waals surface area contributed by atoms with Gasteiger partial charge in [0.1, 0.15) is 6.11 Å². The number of carbonyl (C=O) groups excluding carboxylic acids is 1. The third-order valence-electron chi connectivity index (χ3n) is 0.383. The van der Waals surface area contributed by atoms with Gasteiger partial charge in [-0.05, 0) is 0 Å². The van der Waals surface area contributed by atoms with Gasteiger partial charge in [-0.15, -0.1) is 0 Å². The molecule has 0 aromatic rings. The number of hydrogen-bond acceptors (Lipinski definition) is 2. The fourth-order valence-electron chi connectivity index (χ4n) is 0.111. The van der Waals surface area contributed by atoms with Gasteiger partial charge in [-0.2, -0.15) is 0 Å². The highest BCUT2D eigenvalue weighted by molar-refractivity contribution is 6.75. The number of halogens is 3. The minimum absolute atomic E-state index is 1.07. The van der Waals surface area contributed by atoms with E-state index in [1.54, 1.807) is 6.11 Å². The van der Waals surface area contributed by atoms with Crippen LogP contribution in [0.25, 0.3) is 0 Å². The summed E-state index contributed by atoms with van der Waals surface area (Å²) in [6, 6.07) is 0. The van der Waals surface area contributed by atoms with Crippen LogP contribution in [-0.2, 0) is 9.53 Å². The van der Waals surface area contributed by atoms with Crippen LogP contribution >= 0.6 is 34.8 Å². The number of alkyl halides is 3. The molecule has 2 nitrogen and oxygen atoms in total. The molecule has 5 heteroatoms. The third-order valence-corrected chi connectivity index (χ3v) is 0.846. The summed E-state index contributed by atoms with van der Waals surface area (Å²) >= 11 is 15.1. The predicted molar refractivity (Wildman–Crippen MR) is 35.2 cm³/mol. The first-order chi connectivity index (χ1) is 3.98. The lowest BCUT2D eigenvalue weighted by atomic mass is 10.8. The van der Waals surface area contributed by atoms with Crippen LogP contribution in [-0.4, -0.2) is 9.76 Å². The van der Waals surface area contributed by atoms with E-state index < -0.39 is 9.76 Å². The largest absolute Gasteiger partial charge is 0.372 e. The van der Waals surface area contributed by atoms with Gasteiger partial charge in [0.05, 0.1) is 0 Å². The lowest BCUT2D eigenvalue weighted by molar-refractivity contribution is -0.135. The Morgan fingerprint density at radius 3 is 2.11 bits per heavy atom. The van der Waals surface area contributed by atoms with Crippen LogP contribution in [0.15, 0.2) is 0 Å². The molecule has 0 bridgehead atoms. The number of hydrogen-bond donors (Lipinski definition) is 0. The van der Waals surface area contributed by atoms with Gasteiger partial charge in [-0.25, -0.2) is 4.79 Å². The van der Waals surface area contributed by atoms with Crippen molar-refractivity contribution in [3.05, 3.63) is 0 Å². The van der Waals surface area contributed by atoms with Gasteiger partial charge < -0.3 is 4.74 Å². The van der Waals surface area contributed by atoms with E-state index >= 15 is 0 Å². The molecule has 0 saturated heterocycles. The molecule has 0 aliphatic rings. The predicted octanol–water partition coefficient (Wildman–Crippen LogP) is 1.49. The number of esters is 1. The second kappa shape index (κ2) is 3.17. The average molecular weight is 187 g/mol. The maximum Gasteiger partial charge on any atom is 0.372 e. The van der Waals surface area contributed by atoms with Crippen LogP contribution < -0.4 is 0 Å². The smallest absolute Gasteiger partial charge is 0.369 e. The van der Waals surface area contributed by atoms with Crippen molar-refractivity contribution < 1.29 is 9.53 Å². The van der Waals surface area contributed by atoms with Crippen LogP contribution in [0.3, 0.4) is 0 Å². The summed E-state index contributed by atoms with van der Waals surface area (Å²) in [5, 5.41) is 0. The fourth-order valence-corrected chi connectivity index (χ4v) is 0.227. The van der Waals surface area contributed by atoms with E-state index in [4.69, 9.17) is 34.8 Å². The van der Waals surface area contributed by atoms with Gasteiger partial charge in [0.25, 0.3) is 3.79 Å². The van der Waals surface area contributed by atoms with Crippen molar-refractivity contribution >= 4 is 40.8 Å². The molecule has 0 aliphatic carbocycles. The number of carbonyl (C=O) groups is 1. The first-order valence-corrected chi connectivity index (χ1v) is 2.85. The monoisotopic (exact) mass is 186 g/mol. The molecular formula is C4HCl3O2. The molecule has 0 aromatic heterocycles. The molecule has 0 unspecified atom stereocenters. The molecule has 0 aromatic carbocycles. The molecular weight excluding hydrogens is 186 g/mol.